The van der Waals surface area contributed by atoms with Gasteiger partial charge in [0.25, 0.3) is 0 Å². The first-order valence-electron chi connectivity index (χ1n) is 41.1. The highest BCUT2D eigenvalue weighted by atomic mass is 31.2. The van der Waals surface area contributed by atoms with Crippen LogP contribution in [0.15, 0.2) is 146 Å². The number of ether oxygens (including phenoxy) is 4. The molecule has 106 heavy (non-hydrogen) atoms. The van der Waals surface area contributed by atoms with Gasteiger partial charge in [-0.15, -0.1) is 0 Å². The van der Waals surface area contributed by atoms with Gasteiger partial charge in [0.05, 0.1) is 26.4 Å². The van der Waals surface area contributed by atoms with Crippen LogP contribution in [0, 0.1) is 0 Å². The fourth-order valence-corrected chi connectivity index (χ4v) is 12.2. The number of hydrogen-bond acceptors (Lipinski definition) is 15. The topological polar surface area (TPSA) is 237 Å². The molecule has 17 nitrogen and oxygen atoms in total. The minimum atomic E-state index is -5.00. The van der Waals surface area contributed by atoms with Crippen molar-refractivity contribution in [3.05, 3.63) is 146 Å². The fraction of sp³-hybridized carbons (Fsp3) is 0.678. The number of rotatable bonds is 76. The van der Waals surface area contributed by atoms with Gasteiger partial charge < -0.3 is 33.8 Å². The van der Waals surface area contributed by atoms with E-state index in [1.54, 1.807) is 0 Å². The van der Waals surface area contributed by atoms with Crippen molar-refractivity contribution in [1.29, 1.82) is 0 Å². The molecule has 0 heterocycles. The third-order valence-electron chi connectivity index (χ3n) is 16.8. The van der Waals surface area contributed by atoms with Gasteiger partial charge in [0, 0.05) is 25.7 Å². The Bertz CT molecular complexity index is 2580. The van der Waals surface area contributed by atoms with E-state index in [1.807, 2.05) is 0 Å². The third-order valence-corrected chi connectivity index (χ3v) is 18.7. The van der Waals surface area contributed by atoms with Crippen LogP contribution in [-0.4, -0.2) is 96.7 Å². The molecule has 0 aliphatic heterocycles. The first-order valence-corrected chi connectivity index (χ1v) is 44.1. The second-order valence-electron chi connectivity index (χ2n) is 26.9. The average molecular weight is 1530 g/mol. The highest BCUT2D eigenvalue weighted by Gasteiger charge is 2.30. The molecule has 0 fully saturated rings. The van der Waals surface area contributed by atoms with E-state index in [1.165, 1.54) is 38.5 Å². The molecule has 5 unspecified atom stereocenters. The molecule has 5 atom stereocenters. The number of phosphoric ester groups is 2. The van der Waals surface area contributed by atoms with Crippen LogP contribution in [0.2, 0.25) is 0 Å². The third kappa shape index (κ3) is 77.1. The quantitative estimate of drug-likeness (QED) is 0.0169. The summed E-state index contributed by atoms with van der Waals surface area (Å²) in [5.74, 6) is -2.24. The summed E-state index contributed by atoms with van der Waals surface area (Å²) in [6.45, 7) is 4.48. The molecule has 0 aliphatic carbocycles. The number of esters is 4. The lowest BCUT2D eigenvalue weighted by Crippen LogP contribution is -2.30. The summed E-state index contributed by atoms with van der Waals surface area (Å²) < 4.78 is 68.7. The molecule has 0 saturated carbocycles. The normalized spacial score (nSPS) is 14.6. The first-order chi connectivity index (χ1) is 51.7. The monoisotopic (exact) mass is 1530 g/mol. The zero-order valence-corrected chi connectivity index (χ0v) is 68.1. The zero-order valence-electron chi connectivity index (χ0n) is 66.3. The summed E-state index contributed by atoms with van der Waals surface area (Å²) in [5.41, 5.74) is 0. The molecule has 0 spiro atoms. The summed E-state index contributed by atoms with van der Waals surface area (Å²) in [6, 6.07) is 0. The van der Waals surface area contributed by atoms with E-state index in [4.69, 9.17) is 37.0 Å². The Morgan fingerprint density at radius 2 is 0.491 bits per heavy atom. The van der Waals surface area contributed by atoms with Crippen molar-refractivity contribution in [2.75, 3.05) is 39.6 Å². The van der Waals surface area contributed by atoms with Crippen LogP contribution in [0.3, 0.4) is 0 Å². The molecular weight excluding hydrogens is 1380 g/mol. The second-order valence-corrected chi connectivity index (χ2v) is 29.8. The number of aliphatic hydroxyl groups excluding tert-OH is 1. The minimum Gasteiger partial charge on any atom is -0.462 e. The van der Waals surface area contributed by atoms with Crippen LogP contribution in [0.1, 0.15) is 323 Å². The molecule has 0 aromatic carbocycles. The molecule has 0 amide bonds. The van der Waals surface area contributed by atoms with Gasteiger partial charge in [0.2, 0.25) is 0 Å². The molecule has 0 aromatic rings. The number of hydrogen-bond donors (Lipinski definition) is 3. The summed E-state index contributed by atoms with van der Waals surface area (Å²) in [7, 11) is -9.99. The van der Waals surface area contributed by atoms with Crippen molar-refractivity contribution in [2.45, 2.75) is 341 Å². The van der Waals surface area contributed by atoms with E-state index in [2.05, 4.69) is 174 Å². The number of phosphoric acid groups is 2. The molecule has 0 aliphatic rings. The molecule has 606 valence electrons. The van der Waals surface area contributed by atoms with Crippen LogP contribution in [0.5, 0.6) is 0 Å². The van der Waals surface area contributed by atoms with Crippen molar-refractivity contribution >= 4 is 39.5 Å². The molecule has 3 N–H and O–H groups in total. The second kappa shape index (κ2) is 78.1. The van der Waals surface area contributed by atoms with E-state index in [-0.39, 0.29) is 25.7 Å². The van der Waals surface area contributed by atoms with Gasteiger partial charge in [0.15, 0.2) is 12.2 Å². The predicted octanol–water partition coefficient (Wildman–Crippen LogP) is 24.2. The smallest absolute Gasteiger partial charge is 0.462 e. The Labute approximate surface area is 643 Å². The van der Waals surface area contributed by atoms with Crippen LogP contribution in [0.4, 0.5) is 0 Å². The van der Waals surface area contributed by atoms with E-state index in [0.717, 1.165) is 205 Å². The molecule has 19 heteroatoms. The minimum absolute atomic E-state index is 0.0590. The van der Waals surface area contributed by atoms with Crippen LogP contribution >= 0.6 is 15.6 Å². The molecule has 0 bridgehead atoms. The van der Waals surface area contributed by atoms with E-state index in [9.17, 15) is 43.2 Å². The number of aliphatic hydroxyl groups is 1. The number of carbonyl (C=O) groups is 4. The lowest BCUT2D eigenvalue weighted by molar-refractivity contribution is -0.161. The van der Waals surface area contributed by atoms with Crippen LogP contribution < -0.4 is 0 Å². The maximum Gasteiger partial charge on any atom is 0.472 e. The van der Waals surface area contributed by atoms with Gasteiger partial charge in [-0.1, -0.05) is 283 Å². The highest BCUT2D eigenvalue weighted by molar-refractivity contribution is 7.47. The van der Waals surface area contributed by atoms with Gasteiger partial charge in [0.1, 0.15) is 19.3 Å². The van der Waals surface area contributed by atoms with Gasteiger partial charge in [-0.25, -0.2) is 9.13 Å². The van der Waals surface area contributed by atoms with E-state index < -0.39 is 97.5 Å². The fourth-order valence-electron chi connectivity index (χ4n) is 10.6. The average Bonchev–Trinajstić information content (AvgIpc) is 0.902. The number of carbonyl (C=O) groups excluding carboxylic acids is 4. The number of unbranched alkanes of at least 4 members (excludes halogenated alkanes) is 26. The van der Waals surface area contributed by atoms with E-state index >= 15 is 0 Å². The molecule has 0 radical (unpaired) electrons. The van der Waals surface area contributed by atoms with Gasteiger partial charge in [-0.2, -0.15) is 0 Å². The van der Waals surface area contributed by atoms with Crippen molar-refractivity contribution in [2.24, 2.45) is 0 Å². The Hall–Kier alpha value is -5.06. The Morgan fingerprint density at radius 3 is 0.764 bits per heavy atom. The largest absolute Gasteiger partial charge is 0.472 e. The molecule has 0 aromatic heterocycles. The SMILES string of the molecule is CC/C=C\C/C=C\C/C=C\C/C=C\CCCCCCCCC(=O)OCC(COP(=O)(O)OCC(O)COP(=O)(O)OCC(COC(=O)CCCCCCC/C=C\C/C=C\C/C=C\CC)OC(=O)CCCCCCC/C=C\CCCCCCCC)OC(=O)CCCCCC/C=C\C/C=C\C/C=C\C/C=C\CC. The highest BCUT2D eigenvalue weighted by Crippen LogP contribution is 2.45. The van der Waals surface area contributed by atoms with Crippen molar-refractivity contribution in [1.82, 2.24) is 0 Å². The number of allylic oxidation sites excluding steroid dienone is 24. The summed E-state index contributed by atoms with van der Waals surface area (Å²) >= 11 is 0. The lowest BCUT2D eigenvalue weighted by atomic mass is 10.1. The van der Waals surface area contributed by atoms with E-state index in [0.29, 0.717) is 25.7 Å². The Kier molecular flexibility index (Phi) is 74.3. The molecule has 0 rings (SSSR count). The van der Waals surface area contributed by atoms with Crippen molar-refractivity contribution in [3.63, 3.8) is 0 Å². The van der Waals surface area contributed by atoms with Gasteiger partial charge >= 0.3 is 39.5 Å². The Balaban J connectivity index is 5.43. The van der Waals surface area contributed by atoms with Crippen LogP contribution in [-0.2, 0) is 65.4 Å². The standard InChI is InChI=1S/C87H146O17P2/c1-5-9-13-17-21-25-29-33-37-39-40-42-45-48-52-56-60-64-68-72-85(90)98-78-83(104-87(92)74-70-66-62-58-54-50-46-41-38-34-30-26-22-18-14-10-6-2)80-102-106(95,96)100-76-81(88)75-99-105(93,94)101-79-82(103-86(91)73-69-65-61-57-53-49-44-36-32-28-24-20-16-12-8-4)77-97-84(89)71-67-63-59-55-51-47-43-35-31-27-23-19-15-11-7-3/h9-11,13-15,21-23,25-27,33-38,40,42-44,46,50,81-83,88H,5-8,12,16-20,24,28-32,39,41,45,47-49,51-80H2,1-4H3,(H,93,94)(H,95,96)/b13-9-,14-10-,15-11-,25-21-,26-22-,27-23-,37-33-,38-34-,42-40-,43-35-,44-36-,50-46-. The molecular formula is C87H146O17P2. The zero-order chi connectivity index (χ0) is 77.4. The Morgan fingerprint density at radius 1 is 0.274 bits per heavy atom. The van der Waals surface area contributed by atoms with Crippen molar-refractivity contribution in [3.8, 4) is 0 Å². The first kappa shape index (κ1) is 101. The van der Waals surface area contributed by atoms with Gasteiger partial charge in [-0.05, 0) is 161 Å². The van der Waals surface area contributed by atoms with Gasteiger partial charge in [-0.3, -0.25) is 37.3 Å². The molecule has 0 saturated heterocycles. The maximum absolute atomic E-state index is 13.1. The summed E-state index contributed by atoms with van der Waals surface area (Å²) in [6.07, 6.45) is 89.6. The van der Waals surface area contributed by atoms with Crippen LogP contribution in [0.25, 0.3) is 0 Å². The predicted molar refractivity (Wildman–Crippen MR) is 436 cm³/mol. The summed E-state index contributed by atoms with van der Waals surface area (Å²) in [4.78, 5) is 73.1. The van der Waals surface area contributed by atoms with Crippen molar-refractivity contribution < 1.29 is 80.2 Å². The maximum atomic E-state index is 13.1. The summed E-state index contributed by atoms with van der Waals surface area (Å²) in [5, 5.41) is 10.7. The lowest BCUT2D eigenvalue weighted by Gasteiger charge is -2.21.